The van der Waals surface area contributed by atoms with Crippen molar-refractivity contribution in [1.82, 2.24) is 5.43 Å². The smallest absolute Gasteiger partial charge is 0.307 e. The summed E-state index contributed by atoms with van der Waals surface area (Å²) in [4.78, 5) is 12.1. The van der Waals surface area contributed by atoms with Gasteiger partial charge in [-0.1, -0.05) is 28.1 Å². The molecular weight excluding hydrogens is 348 g/mol. The predicted octanol–water partition coefficient (Wildman–Crippen LogP) is 2.08. The molecule has 0 aliphatic heterocycles. The largest absolute Gasteiger partial charge is 0.460 e. The van der Waals surface area contributed by atoms with Gasteiger partial charge >= 0.3 is 5.97 Å². The van der Waals surface area contributed by atoms with Crippen LogP contribution in [0.2, 0.25) is 0 Å². The number of ether oxygens (including phenoxy) is 1. The minimum absolute atomic E-state index is 0.146. The lowest BCUT2D eigenvalue weighted by molar-refractivity contribution is -0.155. The van der Waals surface area contributed by atoms with Crippen molar-refractivity contribution in [1.29, 1.82) is 0 Å². The van der Waals surface area contributed by atoms with Crippen LogP contribution in [-0.2, 0) is 16.0 Å². The zero-order chi connectivity index (χ0) is 16.8. The fourth-order valence-corrected chi connectivity index (χ4v) is 2.28. The van der Waals surface area contributed by atoms with Gasteiger partial charge < -0.3 is 16.0 Å². The van der Waals surface area contributed by atoms with Crippen molar-refractivity contribution in [3.05, 3.63) is 34.3 Å². The van der Waals surface area contributed by atoms with Gasteiger partial charge in [-0.05, 0) is 44.9 Å². The summed E-state index contributed by atoms with van der Waals surface area (Å²) >= 11 is 3.39. The second kappa shape index (κ2) is 8.14. The third-order valence-electron chi connectivity index (χ3n) is 2.90. The molecule has 0 bridgehead atoms. The topological polar surface area (TPSA) is 103 Å². The molecule has 0 aliphatic rings. The number of nitrogens with zero attached hydrogens (tertiary/aromatic N) is 1. The fraction of sp³-hybridized carbons (Fsp3) is 0.467. The molecule has 1 atom stereocenters. The van der Waals surface area contributed by atoms with E-state index in [1.165, 1.54) is 0 Å². The van der Waals surface area contributed by atoms with Crippen LogP contribution in [0.15, 0.2) is 33.8 Å². The van der Waals surface area contributed by atoms with Crippen molar-refractivity contribution in [3.63, 3.8) is 0 Å². The number of nitrogens with two attached hydrogens (primary N) is 2. The van der Waals surface area contributed by atoms with Crippen molar-refractivity contribution < 1.29 is 9.53 Å². The highest BCUT2D eigenvalue weighted by atomic mass is 79.9. The molecule has 0 fully saturated rings. The second-order valence-electron chi connectivity index (χ2n) is 5.98. The quantitative estimate of drug-likeness (QED) is 0.242. The third kappa shape index (κ3) is 6.44. The van der Waals surface area contributed by atoms with Crippen molar-refractivity contribution in [2.75, 3.05) is 0 Å². The molecule has 0 aliphatic carbocycles. The van der Waals surface area contributed by atoms with E-state index in [9.17, 15) is 4.79 Å². The van der Waals surface area contributed by atoms with E-state index in [1.807, 2.05) is 45.0 Å². The van der Waals surface area contributed by atoms with Crippen molar-refractivity contribution in [2.45, 2.75) is 39.2 Å². The first-order chi connectivity index (χ1) is 10.2. The minimum atomic E-state index is -0.532. The van der Waals surface area contributed by atoms with Gasteiger partial charge in [0.25, 0.3) is 0 Å². The highest BCUT2D eigenvalue weighted by Gasteiger charge is 2.24. The number of carbonyl (C=O) groups excluding carboxylic acids is 1. The van der Waals surface area contributed by atoms with Gasteiger partial charge in [-0.15, -0.1) is 0 Å². The van der Waals surface area contributed by atoms with Crippen molar-refractivity contribution >= 4 is 27.7 Å². The lowest BCUT2D eigenvalue weighted by Gasteiger charge is -2.23. The van der Waals surface area contributed by atoms with Crippen molar-refractivity contribution in [3.8, 4) is 0 Å². The summed E-state index contributed by atoms with van der Waals surface area (Å²) < 4.78 is 6.34. The number of hydrogen-bond acceptors (Lipinski definition) is 5. The summed E-state index contributed by atoms with van der Waals surface area (Å²) in [5.41, 5.74) is 2.98. The van der Waals surface area contributed by atoms with Gasteiger partial charge in [-0.2, -0.15) is 5.10 Å². The van der Waals surface area contributed by atoms with E-state index in [0.29, 0.717) is 12.3 Å². The van der Waals surface area contributed by atoms with E-state index in [1.54, 1.807) is 0 Å². The molecule has 1 aromatic carbocycles. The monoisotopic (exact) mass is 370 g/mol. The number of amidine groups is 1. The number of benzene rings is 1. The Morgan fingerprint density at radius 1 is 1.36 bits per heavy atom. The molecule has 5 N–H and O–H groups in total. The maximum Gasteiger partial charge on any atom is 0.307 e. The average molecular weight is 371 g/mol. The zero-order valence-electron chi connectivity index (χ0n) is 13.1. The van der Waals surface area contributed by atoms with Crippen LogP contribution < -0.4 is 17.1 Å². The fourth-order valence-electron chi connectivity index (χ4n) is 2.02. The molecule has 122 valence electrons. The van der Waals surface area contributed by atoms with Gasteiger partial charge in [0, 0.05) is 10.4 Å². The number of esters is 1. The van der Waals surface area contributed by atoms with Gasteiger partial charge in [-0.3, -0.25) is 4.79 Å². The molecule has 0 radical (unpaired) electrons. The molecule has 0 saturated heterocycles. The minimum Gasteiger partial charge on any atom is -0.460 e. The Labute approximate surface area is 139 Å². The van der Waals surface area contributed by atoms with Crippen LogP contribution in [-0.4, -0.2) is 17.4 Å². The van der Waals surface area contributed by atoms with Gasteiger partial charge in [-0.25, -0.2) is 5.84 Å². The Kier molecular flexibility index (Phi) is 6.83. The first kappa shape index (κ1) is 18.4. The number of halogens is 1. The summed E-state index contributed by atoms with van der Waals surface area (Å²) in [5.74, 6) is 10.6. The molecule has 7 heteroatoms. The summed E-state index contributed by atoms with van der Waals surface area (Å²) in [6.45, 7) is 5.48. The lowest BCUT2D eigenvalue weighted by Crippen LogP contribution is -2.39. The SMILES string of the molecule is CC(C)(C)OC(=O)CC(Cc1ccc(Br)cc1)/C(=N/N)NN. The van der Waals surface area contributed by atoms with Crippen LogP contribution >= 0.6 is 15.9 Å². The number of rotatable bonds is 5. The number of hydrazine groups is 1. The van der Waals surface area contributed by atoms with Crippen molar-refractivity contribution in [2.24, 2.45) is 22.7 Å². The van der Waals surface area contributed by atoms with Crippen LogP contribution in [0, 0.1) is 5.92 Å². The standard InChI is InChI=1S/C15H23BrN4O2/c1-15(2,3)22-13(21)9-11(14(19-17)20-18)8-10-4-6-12(16)7-5-10/h4-7,11H,8-9,17-18H2,1-3H3,(H,19,20). The first-order valence-corrected chi connectivity index (χ1v) is 7.75. The van der Waals surface area contributed by atoms with E-state index in [4.69, 9.17) is 16.4 Å². The molecule has 0 saturated carbocycles. The maximum atomic E-state index is 12.1. The Morgan fingerprint density at radius 2 is 1.95 bits per heavy atom. The van der Waals surface area contributed by atoms with Gasteiger partial charge in [0.15, 0.2) is 0 Å². The molecule has 22 heavy (non-hydrogen) atoms. The van der Waals surface area contributed by atoms with E-state index < -0.39 is 5.60 Å². The number of nitrogens with one attached hydrogen (secondary N) is 1. The third-order valence-corrected chi connectivity index (χ3v) is 3.43. The summed E-state index contributed by atoms with van der Waals surface area (Å²) in [6, 6.07) is 7.82. The predicted molar refractivity (Wildman–Crippen MR) is 90.7 cm³/mol. The van der Waals surface area contributed by atoms with Crippen LogP contribution in [0.25, 0.3) is 0 Å². The van der Waals surface area contributed by atoms with Crippen LogP contribution in [0.1, 0.15) is 32.8 Å². The molecule has 6 nitrogen and oxygen atoms in total. The Hall–Kier alpha value is -1.60. The molecule has 0 amide bonds. The molecule has 0 spiro atoms. The molecule has 0 heterocycles. The van der Waals surface area contributed by atoms with Gasteiger partial charge in [0.1, 0.15) is 11.4 Å². The van der Waals surface area contributed by atoms with Crippen LogP contribution in [0.4, 0.5) is 0 Å². The van der Waals surface area contributed by atoms with E-state index >= 15 is 0 Å². The Bertz CT molecular complexity index is 523. The maximum absolute atomic E-state index is 12.1. The Morgan fingerprint density at radius 3 is 2.41 bits per heavy atom. The summed E-state index contributed by atoms with van der Waals surface area (Å²) in [6.07, 6.45) is 0.723. The molecule has 0 aromatic heterocycles. The summed E-state index contributed by atoms with van der Waals surface area (Å²) in [5, 5.41) is 3.63. The van der Waals surface area contributed by atoms with E-state index in [0.717, 1.165) is 10.0 Å². The van der Waals surface area contributed by atoms with Gasteiger partial charge in [0.2, 0.25) is 0 Å². The van der Waals surface area contributed by atoms with E-state index in [2.05, 4.69) is 26.5 Å². The zero-order valence-corrected chi connectivity index (χ0v) is 14.7. The number of hydrazone groups is 1. The summed E-state index contributed by atoms with van der Waals surface area (Å²) in [7, 11) is 0. The van der Waals surface area contributed by atoms with Crippen LogP contribution in [0.3, 0.4) is 0 Å². The normalized spacial score (nSPS) is 13.6. The lowest BCUT2D eigenvalue weighted by atomic mass is 9.95. The van der Waals surface area contributed by atoms with E-state index in [-0.39, 0.29) is 18.3 Å². The molecule has 1 unspecified atom stereocenters. The molecular formula is C15H23BrN4O2. The highest BCUT2D eigenvalue weighted by Crippen LogP contribution is 2.18. The molecule has 1 aromatic rings. The van der Waals surface area contributed by atoms with Crippen LogP contribution in [0.5, 0.6) is 0 Å². The number of carbonyl (C=O) groups is 1. The van der Waals surface area contributed by atoms with Gasteiger partial charge in [0.05, 0.1) is 6.42 Å². The highest BCUT2D eigenvalue weighted by molar-refractivity contribution is 9.10. The second-order valence-corrected chi connectivity index (χ2v) is 6.89. The Balaban J connectivity index is 2.84. The average Bonchev–Trinajstić information content (AvgIpc) is 2.40. The number of hydrogen-bond donors (Lipinski definition) is 3. The first-order valence-electron chi connectivity index (χ1n) is 6.96. The molecule has 1 rings (SSSR count).